The predicted octanol–water partition coefficient (Wildman–Crippen LogP) is 2.40. The highest BCUT2D eigenvalue weighted by Gasteiger charge is 2.11. The fourth-order valence-electron chi connectivity index (χ4n) is 2.10. The maximum Gasteiger partial charge on any atom is 0.199 e. The number of nitrogens with two attached hydrogens (primary N) is 1. The van der Waals surface area contributed by atoms with Gasteiger partial charge in [-0.2, -0.15) is 4.98 Å². The fourth-order valence-corrected chi connectivity index (χ4v) is 2.10. The van der Waals surface area contributed by atoms with Crippen molar-refractivity contribution in [2.45, 2.75) is 6.42 Å². The van der Waals surface area contributed by atoms with Crippen LogP contribution in [-0.2, 0) is 6.42 Å². The number of ether oxygens (including phenoxy) is 1. The van der Waals surface area contributed by atoms with Crippen molar-refractivity contribution in [3.8, 4) is 17.0 Å². The minimum absolute atomic E-state index is 0.506. The van der Waals surface area contributed by atoms with Crippen molar-refractivity contribution in [3.05, 3.63) is 42.3 Å². The van der Waals surface area contributed by atoms with E-state index < -0.39 is 0 Å². The lowest BCUT2D eigenvalue weighted by molar-refractivity contribution is 0.416. The van der Waals surface area contributed by atoms with Gasteiger partial charge in [-0.3, -0.25) is 0 Å². The summed E-state index contributed by atoms with van der Waals surface area (Å²) >= 11 is 0. The Morgan fingerprint density at radius 1 is 1.15 bits per heavy atom. The molecule has 5 heteroatoms. The Balaban J connectivity index is 2.08. The predicted molar refractivity (Wildman–Crippen MR) is 76.6 cm³/mol. The number of oxazole rings is 1. The molecule has 2 heterocycles. The highest BCUT2D eigenvalue weighted by atomic mass is 16.5. The summed E-state index contributed by atoms with van der Waals surface area (Å²) in [5.41, 5.74) is 8.51. The maximum atomic E-state index is 5.57. The number of benzene rings is 1. The van der Waals surface area contributed by atoms with Gasteiger partial charge in [-0.1, -0.05) is 12.1 Å². The molecule has 3 rings (SSSR count). The summed E-state index contributed by atoms with van der Waals surface area (Å²) in [6.07, 6.45) is 0.611. The van der Waals surface area contributed by atoms with Crippen LogP contribution >= 0.6 is 0 Å². The van der Waals surface area contributed by atoms with Gasteiger partial charge in [0.1, 0.15) is 5.75 Å². The van der Waals surface area contributed by atoms with Gasteiger partial charge in [0.15, 0.2) is 17.1 Å². The first-order chi connectivity index (χ1) is 9.81. The molecule has 0 aliphatic rings. The topological polar surface area (TPSA) is 74.2 Å². The Morgan fingerprint density at radius 3 is 2.80 bits per heavy atom. The smallest absolute Gasteiger partial charge is 0.199 e. The molecule has 0 aliphatic heterocycles. The lowest BCUT2D eigenvalue weighted by Gasteiger charge is -2.06. The van der Waals surface area contributed by atoms with Gasteiger partial charge in [-0.25, -0.2) is 4.98 Å². The van der Waals surface area contributed by atoms with E-state index in [1.807, 2.05) is 36.4 Å². The molecule has 0 aliphatic carbocycles. The van der Waals surface area contributed by atoms with E-state index in [2.05, 4.69) is 9.97 Å². The molecule has 1 aromatic carbocycles. The van der Waals surface area contributed by atoms with Crippen LogP contribution in [0.1, 0.15) is 5.89 Å². The molecule has 0 spiro atoms. The van der Waals surface area contributed by atoms with Crippen molar-refractivity contribution < 1.29 is 9.15 Å². The van der Waals surface area contributed by atoms with E-state index in [0.717, 1.165) is 17.0 Å². The zero-order valence-corrected chi connectivity index (χ0v) is 11.2. The molecule has 0 unspecified atom stereocenters. The molecule has 20 heavy (non-hydrogen) atoms. The number of hydrogen-bond donors (Lipinski definition) is 1. The van der Waals surface area contributed by atoms with Crippen molar-refractivity contribution in [1.82, 2.24) is 9.97 Å². The van der Waals surface area contributed by atoms with Gasteiger partial charge in [-0.15, -0.1) is 0 Å². The molecular formula is C15H15N3O2. The molecule has 5 nitrogen and oxygen atoms in total. The fraction of sp³-hybridized carbons (Fsp3) is 0.200. The summed E-state index contributed by atoms with van der Waals surface area (Å²) in [6, 6.07) is 11.5. The molecule has 0 fully saturated rings. The Kier molecular flexibility index (Phi) is 3.35. The summed E-state index contributed by atoms with van der Waals surface area (Å²) in [4.78, 5) is 8.88. The average Bonchev–Trinajstić information content (AvgIpc) is 2.89. The number of pyridine rings is 1. The number of hydrogen-bond acceptors (Lipinski definition) is 5. The van der Waals surface area contributed by atoms with Crippen LogP contribution in [0.25, 0.3) is 22.5 Å². The second kappa shape index (κ2) is 5.30. The van der Waals surface area contributed by atoms with Crippen LogP contribution in [0, 0.1) is 0 Å². The van der Waals surface area contributed by atoms with Gasteiger partial charge in [0.05, 0.1) is 12.8 Å². The van der Waals surface area contributed by atoms with Crippen LogP contribution in [0.2, 0.25) is 0 Å². The van der Waals surface area contributed by atoms with Crippen LogP contribution in [0.5, 0.6) is 5.75 Å². The van der Waals surface area contributed by atoms with Crippen LogP contribution < -0.4 is 10.5 Å². The molecule has 2 N–H and O–H groups in total. The van der Waals surface area contributed by atoms with E-state index in [1.165, 1.54) is 0 Å². The van der Waals surface area contributed by atoms with Crippen LogP contribution in [0.3, 0.4) is 0 Å². The summed E-state index contributed by atoms with van der Waals surface area (Å²) in [6.45, 7) is 0.506. The standard InChI is InChI=1S/C15H15N3O2/c1-19-12-5-3-2-4-10(12)11-6-7-13-15(17-11)18-14(20-13)8-9-16/h2-7H,8-9,16H2,1H3. The van der Waals surface area contributed by atoms with Crippen molar-refractivity contribution in [1.29, 1.82) is 0 Å². The number of para-hydroxylation sites is 1. The minimum Gasteiger partial charge on any atom is -0.496 e. The van der Waals surface area contributed by atoms with Gasteiger partial charge < -0.3 is 14.9 Å². The molecule has 0 saturated heterocycles. The molecule has 0 saturated carbocycles. The molecule has 3 aromatic rings. The van der Waals surface area contributed by atoms with E-state index in [-0.39, 0.29) is 0 Å². The number of nitrogens with zero attached hydrogens (tertiary/aromatic N) is 2. The molecule has 2 aromatic heterocycles. The van der Waals surface area contributed by atoms with E-state index in [9.17, 15) is 0 Å². The quantitative estimate of drug-likeness (QED) is 0.787. The summed E-state index contributed by atoms with van der Waals surface area (Å²) in [5, 5.41) is 0. The maximum absolute atomic E-state index is 5.57. The second-order valence-electron chi connectivity index (χ2n) is 4.36. The Labute approximate surface area is 116 Å². The summed E-state index contributed by atoms with van der Waals surface area (Å²) in [7, 11) is 1.65. The van der Waals surface area contributed by atoms with Crippen molar-refractivity contribution in [3.63, 3.8) is 0 Å². The second-order valence-corrected chi connectivity index (χ2v) is 4.36. The molecule has 102 valence electrons. The summed E-state index contributed by atoms with van der Waals surface area (Å²) < 4.78 is 10.9. The highest BCUT2D eigenvalue weighted by molar-refractivity contribution is 5.75. The van der Waals surface area contributed by atoms with E-state index in [4.69, 9.17) is 14.9 Å². The van der Waals surface area contributed by atoms with Gasteiger partial charge in [0, 0.05) is 18.5 Å². The third kappa shape index (κ3) is 2.23. The van der Waals surface area contributed by atoms with Crippen molar-refractivity contribution >= 4 is 11.2 Å². The monoisotopic (exact) mass is 269 g/mol. The third-order valence-electron chi connectivity index (χ3n) is 3.04. The number of methoxy groups -OCH3 is 1. The molecule has 0 atom stereocenters. The highest BCUT2D eigenvalue weighted by Crippen LogP contribution is 2.29. The zero-order valence-electron chi connectivity index (χ0n) is 11.2. The van der Waals surface area contributed by atoms with Gasteiger partial charge >= 0.3 is 0 Å². The van der Waals surface area contributed by atoms with E-state index >= 15 is 0 Å². The number of aromatic nitrogens is 2. The third-order valence-corrected chi connectivity index (χ3v) is 3.04. The molecule has 0 bridgehead atoms. The van der Waals surface area contributed by atoms with Crippen molar-refractivity contribution in [2.75, 3.05) is 13.7 Å². The molecule has 0 radical (unpaired) electrons. The van der Waals surface area contributed by atoms with Gasteiger partial charge in [0.25, 0.3) is 0 Å². The minimum atomic E-state index is 0.506. The first kappa shape index (κ1) is 12.6. The lowest BCUT2D eigenvalue weighted by Crippen LogP contribution is -2.02. The van der Waals surface area contributed by atoms with E-state index in [1.54, 1.807) is 7.11 Å². The largest absolute Gasteiger partial charge is 0.496 e. The lowest BCUT2D eigenvalue weighted by atomic mass is 10.1. The zero-order chi connectivity index (χ0) is 13.9. The van der Waals surface area contributed by atoms with Crippen LogP contribution in [0.4, 0.5) is 0 Å². The molecular weight excluding hydrogens is 254 g/mol. The normalized spacial score (nSPS) is 10.9. The average molecular weight is 269 g/mol. The van der Waals surface area contributed by atoms with Gasteiger partial charge in [-0.05, 0) is 24.3 Å². The summed E-state index contributed by atoms with van der Waals surface area (Å²) in [5.74, 6) is 1.40. The first-order valence-electron chi connectivity index (χ1n) is 6.41. The van der Waals surface area contributed by atoms with Crippen molar-refractivity contribution in [2.24, 2.45) is 5.73 Å². The SMILES string of the molecule is COc1ccccc1-c1ccc2oc(CCN)nc2n1. The Hall–Kier alpha value is -2.40. The molecule has 0 amide bonds. The number of fused-ring (bicyclic) bond motifs is 1. The van der Waals surface area contributed by atoms with Crippen LogP contribution in [-0.4, -0.2) is 23.6 Å². The van der Waals surface area contributed by atoms with E-state index in [0.29, 0.717) is 30.1 Å². The first-order valence-corrected chi connectivity index (χ1v) is 6.41. The Morgan fingerprint density at radius 2 is 2.00 bits per heavy atom. The van der Waals surface area contributed by atoms with Crippen LogP contribution in [0.15, 0.2) is 40.8 Å². The number of rotatable bonds is 4. The Bertz CT molecular complexity index is 737. The van der Waals surface area contributed by atoms with Gasteiger partial charge in [0.2, 0.25) is 0 Å².